The Kier molecular flexibility index (Phi) is 8.25. The number of carbonyl (C=O) groups excluding carboxylic acids is 1. The second kappa shape index (κ2) is 9.44. The summed E-state index contributed by atoms with van der Waals surface area (Å²) in [4.78, 5) is 19.4. The Morgan fingerprint density at radius 2 is 1.79 bits per heavy atom. The summed E-state index contributed by atoms with van der Waals surface area (Å²) in [5.41, 5.74) is 3.40. The van der Waals surface area contributed by atoms with Crippen LogP contribution in [0.1, 0.15) is 42.6 Å². The van der Waals surface area contributed by atoms with E-state index in [1.54, 1.807) is 0 Å². The van der Waals surface area contributed by atoms with Crippen molar-refractivity contribution < 1.29 is 9.63 Å². The smallest absolute Gasteiger partial charge is 0.324 e. The highest BCUT2D eigenvalue weighted by Gasteiger charge is 2.03. The lowest BCUT2D eigenvalue weighted by atomic mass is 10.1. The van der Waals surface area contributed by atoms with Crippen LogP contribution in [0, 0.1) is 0 Å². The molecule has 0 bridgehead atoms. The normalized spacial score (nSPS) is 10.5. The lowest BCUT2D eigenvalue weighted by molar-refractivity contribution is -0.144. The van der Waals surface area contributed by atoms with E-state index >= 15 is 0 Å². The van der Waals surface area contributed by atoms with Crippen LogP contribution in [0.15, 0.2) is 12.1 Å². The number of unbranched alkanes of at least 4 members (excludes halogenated alkanes) is 2. The van der Waals surface area contributed by atoms with Crippen molar-refractivity contribution in [1.82, 2.24) is 4.98 Å². The van der Waals surface area contributed by atoms with Crippen LogP contribution in [-0.4, -0.2) is 11.0 Å². The van der Waals surface area contributed by atoms with Gasteiger partial charge in [0.25, 0.3) is 0 Å². The third-order valence-electron chi connectivity index (χ3n) is 2.74. The van der Waals surface area contributed by atoms with Crippen molar-refractivity contribution in [3.05, 3.63) is 29.1 Å². The van der Waals surface area contributed by atoms with E-state index in [4.69, 9.17) is 5.90 Å². The summed E-state index contributed by atoms with van der Waals surface area (Å²) < 4.78 is 0. The van der Waals surface area contributed by atoms with Crippen LogP contribution in [0.4, 0.5) is 0 Å². The molecule has 106 valence electrons. The van der Waals surface area contributed by atoms with Gasteiger partial charge in [-0.3, -0.25) is 9.78 Å². The lowest BCUT2D eigenvalue weighted by Gasteiger charge is -2.06. The zero-order valence-electron chi connectivity index (χ0n) is 10.7. The quantitative estimate of drug-likeness (QED) is 0.417. The maximum absolute atomic E-state index is 10.8. The first-order chi connectivity index (χ1) is 9.19. The number of rotatable bonds is 8. The molecule has 0 aliphatic carbocycles. The lowest BCUT2D eigenvalue weighted by Crippen LogP contribution is -2.09. The Bertz CT molecular complexity index is 391. The molecule has 0 amide bonds. The second-order valence-corrected chi connectivity index (χ2v) is 5.40. The van der Waals surface area contributed by atoms with Crippen LogP contribution in [-0.2, 0) is 26.7 Å². The number of nitrogens with two attached hydrogens (primary N) is 1. The molecule has 0 saturated carbocycles. The molecule has 4 nitrogen and oxygen atoms in total. The number of pyridine rings is 1. The van der Waals surface area contributed by atoms with E-state index in [-0.39, 0.29) is 5.97 Å². The maximum atomic E-state index is 10.8. The van der Waals surface area contributed by atoms with E-state index in [0.29, 0.717) is 6.42 Å². The first-order valence-electron chi connectivity index (χ1n) is 6.19. The Morgan fingerprint density at radius 1 is 1.16 bits per heavy atom. The standard InChI is InChI=1S/C13H18Br2N2O2/c14-8-11-6-10(7-12(9-15)17-11)4-2-1-3-5-13(18)19-16/h6-7H,1-5,8-9,16H2. The van der Waals surface area contributed by atoms with Crippen LogP contribution in [0.2, 0.25) is 0 Å². The van der Waals surface area contributed by atoms with Crippen LogP contribution >= 0.6 is 31.9 Å². The predicted molar refractivity (Wildman–Crippen MR) is 82.0 cm³/mol. The largest absolute Gasteiger partial charge is 0.373 e. The molecule has 19 heavy (non-hydrogen) atoms. The molecule has 0 atom stereocenters. The van der Waals surface area contributed by atoms with Crippen molar-refractivity contribution in [2.45, 2.75) is 42.8 Å². The summed E-state index contributed by atoms with van der Waals surface area (Å²) in [7, 11) is 0. The van der Waals surface area contributed by atoms with E-state index in [9.17, 15) is 4.79 Å². The number of aromatic nitrogens is 1. The van der Waals surface area contributed by atoms with Crippen molar-refractivity contribution in [1.29, 1.82) is 0 Å². The molecular formula is C13H18Br2N2O2. The van der Waals surface area contributed by atoms with E-state index in [2.05, 4.69) is 53.8 Å². The summed E-state index contributed by atoms with van der Waals surface area (Å²) in [6, 6.07) is 4.24. The minimum absolute atomic E-state index is 0.341. The van der Waals surface area contributed by atoms with Gasteiger partial charge in [-0.15, -0.1) is 0 Å². The van der Waals surface area contributed by atoms with Gasteiger partial charge >= 0.3 is 5.97 Å². The number of halogens is 2. The molecule has 2 N–H and O–H groups in total. The molecule has 1 rings (SSSR count). The number of hydrogen-bond donors (Lipinski definition) is 1. The fourth-order valence-corrected chi connectivity index (χ4v) is 2.41. The van der Waals surface area contributed by atoms with Crippen LogP contribution < -0.4 is 5.90 Å². The van der Waals surface area contributed by atoms with Crippen molar-refractivity contribution in [2.75, 3.05) is 0 Å². The van der Waals surface area contributed by atoms with E-state index in [1.807, 2.05) is 0 Å². The Morgan fingerprint density at radius 3 is 2.32 bits per heavy atom. The first kappa shape index (κ1) is 16.6. The molecule has 1 aromatic heterocycles. The maximum Gasteiger partial charge on any atom is 0.324 e. The van der Waals surface area contributed by atoms with Gasteiger partial charge in [-0.05, 0) is 37.0 Å². The Hall–Kier alpha value is -0.460. The third kappa shape index (κ3) is 6.49. The van der Waals surface area contributed by atoms with Crippen molar-refractivity contribution in [3.8, 4) is 0 Å². The van der Waals surface area contributed by atoms with Gasteiger partial charge in [-0.1, -0.05) is 38.3 Å². The summed E-state index contributed by atoms with van der Waals surface area (Å²) in [6.07, 6.45) is 4.25. The van der Waals surface area contributed by atoms with Gasteiger partial charge in [0.05, 0.1) is 11.4 Å². The monoisotopic (exact) mass is 392 g/mol. The number of alkyl halides is 2. The molecule has 0 aromatic carbocycles. The predicted octanol–water partition coefficient (Wildman–Crippen LogP) is 3.39. The summed E-state index contributed by atoms with van der Waals surface area (Å²) in [5, 5.41) is 1.53. The van der Waals surface area contributed by atoms with Crippen molar-refractivity contribution in [2.24, 2.45) is 5.90 Å². The number of hydrogen-bond acceptors (Lipinski definition) is 4. The van der Waals surface area contributed by atoms with E-state index in [0.717, 1.165) is 47.7 Å². The number of aryl methyl sites for hydroxylation is 1. The molecule has 1 heterocycles. The van der Waals surface area contributed by atoms with Crippen LogP contribution in [0.25, 0.3) is 0 Å². The van der Waals surface area contributed by atoms with Gasteiger partial charge in [0.15, 0.2) is 0 Å². The first-order valence-corrected chi connectivity index (χ1v) is 8.44. The zero-order valence-corrected chi connectivity index (χ0v) is 13.9. The topological polar surface area (TPSA) is 65.2 Å². The average molecular weight is 394 g/mol. The third-order valence-corrected chi connectivity index (χ3v) is 3.89. The van der Waals surface area contributed by atoms with Gasteiger partial charge < -0.3 is 4.84 Å². The van der Waals surface area contributed by atoms with Crippen LogP contribution in [0.3, 0.4) is 0 Å². The van der Waals surface area contributed by atoms with Crippen LogP contribution in [0.5, 0.6) is 0 Å². The fourth-order valence-electron chi connectivity index (χ4n) is 1.83. The molecule has 0 aliphatic heterocycles. The summed E-state index contributed by atoms with van der Waals surface area (Å²) >= 11 is 6.86. The van der Waals surface area contributed by atoms with Gasteiger partial charge in [-0.2, -0.15) is 5.90 Å². The van der Waals surface area contributed by atoms with Crippen molar-refractivity contribution >= 4 is 37.8 Å². The van der Waals surface area contributed by atoms with E-state index < -0.39 is 0 Å². The van der Waals surface area contributed by atoms with Gasteiger partial charge in [0.1, 0.15) is 0 Å². The highest BCUT2D eigenvalue weighted by atomic mass is 79.9. The molecule has 6 heteroatoms. The van der Waals surface area contributed by atoms with Gasteiger partial charge in [-0.25, -0.2) is 0 Å². The summed E-state index contributed by atoms with van der Waals surface area (Å²) in [6.45, 7) is 0. The highest BCUT2D eigenvalue weighted by molar-refractivity contribution is 9.08. The van der Waals surface area contributed by atoms with Crippen molar-refractivity contribution in [3.63, 3.8) is 0 Å². The van der Waals surface area contributed by atoms with Gasteiger partial charge in [0, 0.05) is 17.1 Å². The Labute approximate surface area is 130 Å². The molecule has 0 spiro atoms. The second-order valence-electron chi connectivity index (χ2n) is 4.28. The minimum atomic E-state index is -0.341. The molecule has 0 saturated heterocycles. The summed E-state index contributed by atoms with van der Waals surface area (Å²) in [5.74, 6) is 4.44. The molecule has 1 aromatic rings. The zero-order chi connectivity index (χ0) is 14.1. The van der Waals surface area contributed by atoms with Gasteiger partial charge in [0.2, 0.25) is 0 Å². The number of carbonyl (C=O) groups is 1. The molecule has 0 radical (unpaired) electrons. The molecule has 0 unspecified atom stereocenters. The Balaban J connectivity index is 2.38. The number of nitrogens with zero attached hydrogens (tertiary/aromatic N) is 1. The van der Waals surface area contributed by atoms with E-state index in [1.165, 1.54) is 5.56 Å². The molecule has 0 fully saturated rings. The highest BCUT2D eigenvalue weighted by Crippen LogP contribution is 2.14. The minimum Gasteiger partial charge on any atom is -0.373 e. The SMILES string of the molecule is NOC(=O)CCCCCc1cc(CBr)nc(CBr)c1. The fraction of sp³-hybridized carbons (Fsp3) is 0.538. The average Bonchev–Trinajstić information content (AvgIpc) is 2.46. The molecule has 0 aliphatic rings. The molecular weight excluding hydrogens is 376 g/mol.